The number of hydrogen-bond donors (Lipinski definition) is 2. The number of anilines is 1. The van der Waals surface area contributed by atoms with E-state index in [2.05, 4.69) is 28.4 Å². The van der Waals surface area contributed by atoms with Crippen molar-refractivity contribution in [3.05, 3.63) is 30.6 Å². The first-order chi connectivity index (χ1) is 16.2. The molecule has 1 aromatic heterocycles. The first kappa shape index (κ1) is 28.9. The van der Waals surface area contributed by atoms with Crippen LogP contribution < -0.4 is 5.32 Å². The molecule has 186 valence electrons. The summed E-state index contributed by atoms with van der Waals surface area (Å²) >= 11 is 0. The van der Waals surface area contributed by atoms with E-state index in [-0.39, 0.29) is 0 Å². The van der Waals surface area contributed by atoms with Gasteiger partial charge in [-0.2, -0.15) is 0 Å². The van der Waals surface area contributed by atoms with Gasteiger partial charge < -0.3 is 10.4 Å². The van der Waals surface area contributed by atoms with Crippen molar-refractivity contribution in [3.63, 3.8) is 0 Å². The topological polar surface area (TPSA) is 75.1 Å². The van der Waals surface area contributed by atoms with Crippen LogP contribution >= 0.6 is 0 Å². The maximum Gasteiger partial charge on any atom is 0.303 e. The fourth-order valence-electron chi connectivity index (χ4n) is 4.03. The highest BCUT2D eigenvalue weighted by atomic mass is 16.4. The highest BCUT2D eigenvalue weighted by Gasteiger charge is 2.01. The Morgan fingerprint density at radius 2 is 1.06 bits per heavy atom. The summed E-state index contributed by atoms with van der Waals surface area (Å²) in [5.74, 6) is -0.000817. The molecule has 0 atom stereocenters. The van der Waals surface area contributed by atoms with Crippen LogP contribution in [0, 0.1) is 0 Å². The summed E-state index contributed by atoms with van der Waals surface area (Å²) in [7, 11) is 0. The third kappa shape index (κ3) is 17.0. The van der Waals surface area contributed by atoms with Crippen LogP contribution in [-0.4, -0.2) is 27.6 Å². The Labute approximate surface area is 202 Å². The van der Waals surface area contributed by atoms with Crippen molar-refractivity contribution in [1.82, 2.24) is 9.97 Å². The molecule has 0 aliphatic rings. The molecule has 5 heteroatoms. The zero-order chi connectivity index (χ0) is 24.0. The highest BCUT2D eigenvalue weighted by Crippen LogP contribution is 2.14. The molecule has 0 aliphatic carbocycles. The predicted molar refractivity (Wildman–Crippen MR) is 141 cm³/mol. The second-order valence-corrected chi connectivity index (χ2v) is 9.03. The first-order valence-corrected chi connectivity index (χ1v) is 13.3. The van der Waals surface area contributed by atoms with Crippen LogP contribution in [0.5, 0.6) is 0 Å². The summed E-state index contributed by atoms with van der Waals surface area (Å²) in [6.45, 7) is 8.45. The van der Waals surface area contributed by atoms with Crippen molar-refractivity contribution in [2.24, 2.45) is 0 Å². The number of aromatic nitrogens is 2. The van der Waals surface area contributed by atoms with Crippen LogP contribution in [0.1, 0.15) is 127 Å². The number of aliphatic carboxylic acids is 1. The maximum absolute atomic E-state index is 10.4. The van der Waals surface area contributed by atoms with Gasteiger partial charge in [-0.25, -0.2) is 9.97 Å². The van der Waals surface area contributed by atoms with Crippen molar-refractivity contribution in [1.29, 1.82) is 0 Å². The van der Waals surface area contributed by atoms with Crippen LogP contribution in [0.3, 0.4) is 0 Å². The van der Waals surface area contributed by atoms with Gasteiger partial charge in [0.25, 0.3) is 0 Å². The standard InChI is InChI=1S/C28H47N3O2/c1-3-25-24-26(4-2)31-28(30-25)29-23-21-19-17-15-13-11-9-7-5-6-8-10-12-14-16-18-20-22-27(32)33/h3-4,24H,1-2,5-23H2,(H,32,33)(H,29,30,31). The van der Waals surface area contributed by atoms with Crippen LogP contribution in [0.2, 0.25) is 0 Å². The van der Waals surface area contributed by atoms with Gasteiger partial charge in [-0.15, -0.1) is 0 Å². The molecule has 0 unspecified atom stereocenters. The molecule has 5 nitrogen and oxygen atoms in total. The molecule has 33 heavy (non-hydrogen) atoms. The van der Waals surface area contributed by atoms with E-state index in [1.807, 2.05) is 6.07 Å². The minimum atomic E-state index is -0.663. The molecule has 0 fully saturated rings. The molecule has 2 N–H and O–H groups in total. The fraction of sp³-hybridized carbons (Fsp3) is 0.679. The molecule has 1 rings (SSSR count). The Balaban J connectivity index is 1.81. The summed E-state index contributed by atoms with van der Waals surface area (Å²) in [5.41, 5.74) is 1.65. The third-order valence-corrected chi connectivity index (χ3v) is 6.03. The SMILES string of the molecule is C=Cc1cc(C=C)nc(NCCCCCCCCCCCCCCCCCCCC(=O)O)n1. The van der Waals surface area contributed by atoms with E-state index in [4.69, 9.17) is 5.11 Å². The monoisotopic (exact) mass is 457 g/mol. The Hall–Kier alpha value is -2.17. The lowest BCUT2D eigenvalue weighted by atomic mass is 10.0. The van der Waals surface area contributed by atoms with Gasteiger partial charge in [-0.1, -0.05) is 109 Å². The van der Waals surface area contributed by atoms with Gasteiger partial charge in [0, 0.05) is 13.0 Å². The van der Waals surface area contributed by atoms with Crippen LogP contribution in [0.25, 0.3) is 12.2 Å². The van der Waals surface area contributed by atoms with Crippen molar-refractivity contribution in [3.8, 4) is 0 Å². The number of carboxylic acids is 1. The van der Waals surface area contributed by atoms with Gasteiger partial charge in [0.1, 0.15) is 0 Å². The van der Waals surface area contributed by atoms with E-state index in [1.165, 1.54) is 89.9 Å². The Morgan fingerprint density at radius 3 is 1.42 bits per heavy atom. The Morgan fingerprint density at radius 1 is 0.697 bits per heavy atom. The minimum Gasteiger partial charge on any atom is -0.481 e. The molecule has 0 saturated heterocycles. The third-order valence-electron chi connectivity index (χ3n) is 6.03. The predicted octanol–water partition coefficient (Wildman–Crippen LogP) is 8.28. The summed E-state index contributed by atoms with van der Waals surface area (Å²) < 4.78 is 0. The van der Waals surface area contributed by atoms with Gasteiger partial charge in [-0.3, -0.25) is 4.79 Å². The molecular weight excluding hydrogens is 410 g/mol. The van der Waals surface area contributed by atoms with Gasteiger partial charge in [-0.05, 0) is 31.1 Å². The molecule has 0 spiro atoms. The lowest BCUT2D eigenvalue weighted by Gasteiger charge is -2.07. The normalized spacial score (nSPS) is 10.8. The molecule has 0 amide bonds. The lowest BCUT2D eigenvalue weighted by molar-refractivity contribution is -0.137. The average Bonchev–Trinajstić information content (AvgIpc) is 2.82. The van der Waals surface area contributed by atoms with E-state index in [0.29, 0.717) is 12.4 Å². The molecule has 0 bridgehead atoms. The van der Waals surface area contributed by atoms with Crippen LogP contribution in [0.4, 0.5) is 5.95 Å². The largest absolute Gasteiger partial charge is 0.481 e. The smallest absolute Gasteiger partial charge is 0.303 e. The summed E-state index contributed by atoms with van der Waals surface area (Å²) in [4.78, 5) is 19.3. The van der Waals surface area contributed by atoms with Crippen molar-refractivity contribution in [2.75, 3.05) is 11.9 Å². The van der Waals surface area contributed by atoms with Gasteiger partial charge >= 0.3 is 5.97 Å². The zero-order valence-corrected chi connectivity index (χ0v) is 20.8. The average molecular weight is 458 g/mol. The van der Waals surface area contributed by atoms with Crippen molar-refractivity contribution in [2.45, 2.75) is 116 Å². The molecule has 1 aromatic rings. The first-order valence-electron chi connectivity index (χ1n) is 13.3. The number of nitrogens with one attached hydrogen (secondary N) is 1. The second kappa shape index (κ2) is 20.4. The van der Waals surface area contributed by atoms with Crippen LogP contribution in [-0.2, 0) is 4.79 Å². The second-order valence-electron chi connectivity index (χ2n) is 9.03. The number of unbranched alkanes of at least 4 members (excludes halogenated alkanes) is 16. The number of carbonyl (C=O) groups is 1. The van der Waals surface area contributed by atoms with Crippen molar-refractivity contribution >= 4 is 24.1 Å². The van der Waals surface area contributed by atoms with E-state index < -0.39 is 5.97 Å². The maximum atomic E-state index is 10.4. The Kier molecular flexibility index (Phi) is 17.9. The lowest BCUT2D eigenvalue weighted by Crippen LogP contribution is -2.06. The molecule has 0 aliphatic heterocycles. The number of hydrogen-bond acceptors (Lipinski definition) is 4. The number of rotatable bonds is 23. The quantitative estimate of drug-likeness (QED) is 0.162. The molecule has 0 aromatic carbocycles. The van der Waals surface area contributed by atoms with E-state index >= 15 is 0 Å². The number of nitrogens with zero attached hydrogens (tertiary/aromatic N) is 2. The van der Waals surface area contributed by atoms with Crippen LogP contribution in [0.15, 0.2) is 19.2 Å². The summed E-state index contributed by atoms with van der Waals surface area (Å²) in [5, 5.41) is 11.9. The van der Waals surface area contributed by atoms with Gasteiger partial charge in [0.05, 0.1) is 11.4 Å². The summed E-state index contributed by atoms with van der Waals surface area (Å²) in [6.07, 6.45) is 25.5. The highest BCUT2D eigenvalue weighted by molar-refractivity contribution is 5.66. The van der Waals surface area contributed by atoms with Crippen molar-refractivity contribution < 1.29 is 9.90 Å². The van der Waals surface area contributed by atoms with Gasteiger partial charge in [0.15, 0.2) is 0 Å². The minimum absolute atomic E-state index is 0.330. The summed E-state index contributed by atoms with van der Waals surface area (Å²) in [6, 6.07) is 1.88. The fourth-order valence-corrected chi connectivity index (χ4v) is 4.03. The number of carboxylic acid groups (broad SMARTS) is 1. The van der Waals surface area contributed by atoms with Gasteiger partial charge in [0.2, 0.25) is 5.95 Å². The van der Waals surface area contributed by atoms with E-state index in [9.17, 15) is 4.79 Å². The Bertz CT molecular complexity index is 634. The van der Waals surface area contributed by atoms with E-state index in [0.717, 1.165) is 37.2 Å². The van der Waals surface area contributed by atoms with E-state index in [1.54, 1.807) is 12.2 Å². The molecule has 1 heterocycles. The molecule has 0 saturated carbocycles. The molecule has 0 radical (unpaired) electrons. The molecular formula is C28H47N3O2. The zero-order valence-electron chi connectivity index (χ0n) is 20.8.